The van der Waals surface area contributed by atoms with Gasteiger partial charge in [0.1, 0.15) is 12.4 Å². The summed E-state index contributed by atoms with van der Waals surface area (Å²) in [5.41, 5.74) is 9.59. The molecule has 2 aromatic rings. The third kappa shape index (κ3) is 4.53. The van der Waals surface area contributed by atoms with E-state index in [0.29, 0.717) is 11.4 Å². The fourth-order valence-electron chi connectivity index (χ4n) is 1.85. The van der Waals surface area contributed by atoms with Crippen LogP contribution in [0.25, 0.3) is 0 Å². The summed E-state index contributed by atoms with van der Waals surface area (Å²) in [6, 6.07) is 12.9. The number of nitrogens with two attached hydrogens (primary N) is 1. The highest BCUT2D eigenvalue weighted by molar-refractivity contribution is 5.71. The van der Waals surface area contributed by atoms with Crippen molar-refractivity contribution in [2.45, 2.75) is 20.5 Å². The number of anilines is 1. The molecule has 0 amide bonds. The molecule has 0 radical (unpaired) electrons. The summed E-state index contributed by atoms with van der Waals surface area (Å²) >= 11 is 0. The molecule has 0 spiro atoms. The molecule has 4 heteroatoms. The normalized spacial score (nSPS) is 10.2. The lowest BCUT2D eigenvalue weighted by Crippen LogP contribution is -2.14. The van der Waals surface area contributed by atoms with Gasteiger partial charge in [-0.15, -0.1) is 0 Å². The highest BCUT2D eigenvalue weighted by atomic mass is 16.6. The van der Waals surface area contributed by atoms with E-state index in [0.717, 1.165) is 5.56 Å². The topological polar surface area (TPSA) is 61.5 Å². The van der Waals surface area contributed by atoms with Crippen LogP contribution in [0.1, 0.15) is 16.7 Å². The molecule has 2 aromatic carbocycles. The maximum absolute atomic E-state index is 11.6. The van der Waals surface area contributed by atoms with Crippen LogP contribution in [0.5, 0.6) is 5.75 Å². The Morgan fingerprint density at radius 1 is 1.10 bits per heavy atom. The number of nitrogen functional groups attached to an aromatic ring is 1. The van der Waals surface area contributed by atoms with Gasteiger partial charge in [-0.1, -0.05) is 24.3 Å². The predicted octanol–water partition coefficient (Wildman–Crippen LogP) is 3.01. The van der Waals surface area contributed by atoms with E-state index < -0.39 is 5.97 Å². The molecule has 110 valence electrons. The minimum atomic E-state index is -0.407. The molecule has 0 bridgehead atoms. The van der Waals surface area contributed by atoms with E-state index in [1.165, 1.54) is 11.1 Å². The molecule has 2 N–H and O–H groups in total. The summed E-state index contributed by atoms with van der Waals surface area (Å²) in [5, 5.41) is 0. The number of ether oxygens (including phenoxy) is 2. The summed E-state index contributed by atoms with van der Waals surface area (Å²) < 4.78 is 10.5. The van der Waals surface area contributed by atoms with Gasteiger partial charge in [-0.2, -0.15) is 0 Å². The van der Waals surface area contributed by atoms with Crippen molar-refractivity contribution in [3.63, 3.8) is 0 Å². The Hall–Kier alpha value is -2.49. The van der Waals surface area contributed by atoms with Crippen molar-refractivity contribution in [1.82, 2.24) is 0 Å². The lowest BCUT2D eigenvalue weighted by Gasteiger charge is -2.08. The van der Waals surface area contributed by atoms with Gasteiger partial charge in [-0.3, -0.25) is 0 Å². The largest absolute Gasteiger partial charge is 0.482 e. The van der Waals surface area contributed by atoms with Crippen LogP contribution >= 0.6 is 0 Å². The third-order valence-electron chi connectivity index (χ3n) is 3.19. The van der Waals surface area contributed by atoms with Gasteiger partial charge >= 0.3 is 5.97 Å². The second-order valence-electron chi connectivity index (χ2n) is 4.94. The minimum absolute atomic E-state index is 0.131. The van der Waals surface area contributed by atoms with E-state index in [2.05, 4.69) is 0 Å². The SMILES string of the molecule is Cc1ccc(COC(=O)COc2cccc(N)c2)cc1C. The van der Waals surface area contributed by atoms with Gasteiger partial charge < -0.3 is 15.2 Å². The number of carbonyl (C=O) groups is 1. The molecule has 0 fully saturated rings. The summed E-state index contributed by atoms with van der Waals surface area (Å²) in [5.74, 6) is 0.147. The number of aryl methyl sites for hydroxylation is 2. The van der Waals surface area contributed by atoms with E-state index in [1.807, 2.05) is 32.0 Å². The molecule has 0 unspecified atom stereocenters. The Kier molecular flexibility index (Phi) is 4.82. The zero-order chi connectivity index (χ0) is 15.2. The van der Waals surface area contributed by atoms with Crippen LogP contribution in [0.4, 0.5) is 5.69 Å². The molecule has 0 atom stereocenters. The van der Waals surface area contributed by atoms with Crippen molar-refractivity contribution in [3.05, 3.63) is 59.2 Å². The summed E-state index contributed by atoms with van der Waals surface area (Å²) in [4.78, 5) is 11.6. The van der Waals surface area contributed by atoms with Crippen LogP contribution in [0.2, 0.25) is 0 Å². The van der Waals surface area contributed by atoms with Gasteiger partial charge in [0, 0.05) is 11.8 Å². The molecular formula is C17H19NO3. The van der Waals surface area contributed by atoms with Gasteiger partial charge in [-0.25, -0.2) is 4.79 Å². The van der Waals surface area contributed by atoms with Crippen LogP contribution in [0.3, 0.4) is 0 Å². The van der Waals surface area contributed by atoms with Crippen molar-refractivity contribution >= 4 is 11.7 Å². The fourth-order valence-corrected chi connectivity index (χ4v) is 1.85. The molecule has 0 aromatic heterocycles. The molecule has 4 nitrogen and oxygen atoms in total. The Morgan fingerprint density at radius 2 is 1.90 bits per heavy atom. The molecule has 0 aliphatic rings. The Balaban J connectivity index is 1.80. The van der Waals surface area contributed by atoms with E-state index in [4.69, 9.17) is 15.2 Å². The average molecular weight is 285 g/mol. The highest BCUT2D eigenvalue weighted by Gasteiger charge is 2.05. The first kappa shape index (κ1) is 14.9. The third-order valence-corrected chi connectivity index (χ3v) is 3.19. The van der Waals surface area contributed by atoms with Crippen molar-refractivity contribution in [3.8, 4) is 5.75 Å². The maximum Gasteiger partial charge on any atom is 0.344 e. The molecular weight excluding hydrogens is 266 g/mol. The first-order valence-electron chi connectivity index (χ1n) is 6.74. The first-order valence-corrected chi connectivity index (χ1v) is 6.74. The maximum atomic E-state index is 11.6. The van der Waals surface area contributed by atoms with Crippen LogP contribution in [0.15, 0.2) is 42.5 Å². The standard InChI is InChI=1S/C17H19NO3/c1-12-6-7-14(8-13(12)2)10-21-17(19)11-20-16-5-3-4-15(18)9-16/h3-9H,10-11,18H2,1-2H3. The van der Waals surface area contributed by atoms with Crippen molar-refractivity contribution in [1.29, 1.82) is 0 Å². The Bertz CT molecular complexity index is 638. The number of benzene rings is 2. The number of esters is 1. The lowest BCUT2D eigenvalue weighted by atomic mass is 10.1. The van der Waals surface area contributed by atoms with Crippen molar-refractivity contribution < 1.29 is 14.3 Å². The zero-order valence-electron chi connectivity index (χ0n) is 12.3. The Morgan fingerprint density at radius 3 is 2.62 bits per heavy atom. The average Bonchev–Trinajstić information content (AvgIpc) is 2.46. The molecule has 2 rings (SSSR count). The second kappa shape index (κ2) is 6.79. The summed E-state index contributed by atoms with van der Waals surface area (Å²) in [6.45, 7) is 4.20. The zero-order valence-corrected chi connectivity index (χ0v) is 12.3. The van der Waals surface area contributed by atoms with E-state index in [1.54, 1.807) is 24.3 Å². The van der Waals surface area contributed by atoms with E-state index >= 15 is 0 Å². The van der Waals surface area contributed by atoms with Gasteiger partial charge in [0.2, 0.25) is 0 Å². The monoisotopic (exact) mass is 285 g/mol. The lowest BCUT2D eigenvalue weighted by molar-refractivity contribution is -0.147. The molecule has 0 aliphatic carbocycles. The molecule has 0 aliphatic heterocycles. The molecule has 0 heterocycles. The van der Waals surface area contributed by atoms with Gasteiger partial charge in [-0.05, 0) is 42.7 Å². The predicted molar refractivity (Wildman–Crippen MR) is 82.1 cm³/mol. The summed E-state index contributed by atoms with van der Waals surface area (Å²) in [6.07, 6.45) is 0. The van der Waals surface area contributed by atoms with E-state index in [9.17, 15) is 4.79 Å². The molecule has 21 heavy (non-hydrogen) atoms. The molecule has 0 saturated heterocycles. The number of hydrogen-bond donors (Lipinski definition) is 1. The van der Waals surface area contributed by atoms with Crippen molar-refractivity contribution in [2.75, 3.05) is 12.3 Å². The fraction of sp³-hybridized carbons (Fsp3) is 0.235. The summed E-state index contributed by atoms with van der Waals surface area (Å²) in [7, 11) is 0. The van der Waals surface area contributed by atoms with Crippen LogP contribution in [0, 0.1) is 13.8 Å². The smallest absolute Gasteiger partial charge is 0.344 e. The Labute approximate surface area is 124 Å². The molecule has 0 saturated carbocycles. The minimum Gasteiger partial charge on any atom is -0.482 e. The number of hydrogen-bond acceptors (Lipinski definition) is 4. The van der Waals surface area contributed by atoms with Crippen molar-refractivity contribution in [2.24, 2.45) is 0 Å². The highest BCUT2D eigenvalue weighted by Crippen LogP contribution is 2.14. The van der Waals surface area contributed by atoms with Crippen LogP contribution < -0.4 is 10.5 Å². The van der Waals surface area contributed by atoms with Crippen LogP contribution in [-0.2, 0) is 16.1 Å². The quantitative estimate of drug-likeness (QED) is 0.677. The number of rotatable bonds is 5. The van der Waals surface area contributed by atoms with Crippen LogP contribution in [-0.4, -0.2) is 12.6 Å². The first-order chi connectivity index (χ1) is 10.0. The van der Waals surface area contributed by atoms with Gasteiger partial charge in [0.25, 0.3) is 0 Å². The second-order valence-corrected chi connectivity index (χ2v) is 4.94. The van der Waals surface area contributed by atoms with Gasteiger partial charge in [0.05, 0.1) is 0 Å². The van der Waals surface area contributed by atoms with Gasteiger partial charge in [0.15, 0.2) is 6.61 Å². The number of carbonyl (C=O) groups excluding carboxylic acids is 1. The van der Waals surface area contributed by atoms with E-state index in [-0.39, 0.29) is 13.2 Å².